The number of fused-ring (bicyclic) bond motifs is 2. The van der Waals surface area contributed by atoms with Gasteiger partial charge in [0.2, 0.25) is 0 Å². The summed E-state index contributed by atoms with van der Waals surface area (Å²) in [5.41, 5.74) is 1.29. The van der Waals surface area contributed by atoms with Crippen LogP contribution in [0.15, 0.2) is 79.1 Å². The number of amides is 4. The molecule has 5 aromatic rings. The van der Waals surface area contributed by atoms with Crippen molar-refractivity contribution in [2.75, 3.05) is 25.6 Å². The molecule has 4 N–H and O–H groups in total. The van der Waals surface area contributed by atoms with Crippen molar-refractivity contribution in [3.63, 3.8) is 0 Å². The normalized spacial score (nSPS) is 12.2. The van der Waals surface area contributed by atoms with Crippen LogP contribution >= 0.6 is 11.6 Å². The van der Waals surface area contributed by atoms with Crippen LogP contribution in [-0.4, -0.2) is 53.9 Å². The number of carbonyl (C=O) groups is 4. The van der Waals surface area contributed by atoms with E-state index in [1.54, 1.807) is 42.5 Å². The predicted molar refractivity (Wildman–Crippen MR) is 176 cm³/mol. The molecule has 4 aromatic carbocycles. The van der Waals surface area contributed by atoms with E-state index < -0.39 is 29.4 Å². The number of nitrogens with one attached hydrogen (secondary N) is 4. The molecule has 4 amide bonds. The quantitative estimate of drug-likeness (QED) is 0.0814. The number of methoxy groups -OCH3 is 1. The average molecular weight is 685 g/mol. The van der Waals surface area contributed by atoms with E-state index in [9.17, 15) is 23.6 Å². The van der Waals surface area contributed by atoms with Gasteiger partial charge in [0, 0.05) is 23.6 Å². The van der Waals surface area contributed by atoms with Crippen molar-refractivity contribution in [2.45, 2.75) is 6.54 Å². The third kappa shape index (κ3) is 7.18. The van der Waals surface area contributed by atoms with Crippen LogP contribution in [0.4, 0.5) is 20.7 Å². The van der Waals surface area contributed by atoms with Gasteiger partial charge in [0.15, 0.2) is 17.3 Å². The molecule has 0 saturated heterocycles. The monoisotopic (exact) mass is 684 g/mol. The van der Waals surface area contributed by atoms with E-state index in [1.807, 2.05) is 5.32 Å². The molecular formula is C34H26ClFN6O7. The molecule has 0 saturated carbocycles. The minimum Gasteiger partial charge on any atom is -0.493 e. The molecule has 15 heteroatoms. The Morgan fingerprint density at radius 1 is 0.918 bits per heavy atom. The van der Waals surface area contributed by atoms with Crippen LogP contribution in [0, 0.1) is 5.82 Å². The second kappa shape index (κ2) is 14.2. The second-order valence-corrected chi connectivity index (χ2v) is 10.9. The minimum absolute atomic E-state index is 0.0306. The molecule has 0 atom stereocenters. The van der Waals surface area contributed by atoms with Crippen molar-refractivity contribution in [2.24, 2.45) is 0 Å². The van der Waals surface area contributed by atoms with Gasteiger partial charge in [-0.05, 0) is 48.0 Å². The molecule has 13 nitrogen and oxygen atoms in total. The first-order valence-corrected chi connectivity index (χ1v) is 15.1. The van der Waals surface area contributed by atoms with Gasteiger partial charge in [0.1, 0.15) is 30.3 Å². The van der Waals surface area contributed by atoms with Crippen LogP contribution in [0.2, 0.25) is 5.02 Å². The fourth-order valence-corrected chi connectivity index (χ4v) is 5.14. The Kier molecular flexibility index (Phi) is 9.48. The van der Waals surface area contributed by atoms with E-state index >= 15 is 0 Å². The van der Waals surface area contributed by atoms with Gasteiger partial charge in [0.05, 0.1) is 35.4 Å². The predicted octanol–water partition coefficient (Wildman–Crippen LogP) is 5.30. The molecule has 0 aliphatic carbocycles. The van der Waals surface area contributed by atoms with E-state index in [1.165, 1.54) is 43.8 Å². The van der Waals surface area contributed by atoms with Crippen LogP contribution in [0.3, 0.4) is 0 Å². The largest absolute Gasteiger partial charge is 0.493 e. The topological polar surface area (TPSA) is 170 Å². The first-order valence-electron chi connectivity index (χ1n) is 14.7. The van der Waals surface area contributed by atoms with Crippen LogP contribution in [-0.2, 0) is 11.3 Å². The summed E-state index contributed by atoms with van der Waals surface area (Å²) in [7, 11) is 1.48. The number of urea groups is 1. The minimum atomic E-state index is -0.994. The van der Waals surface area contributed by atoms with Gasteiger partial charge in [-0.2, -0.15) is 0 Å². The number of aromatic nitrogens is 2. The van der Waals surface area contributed by atoms with E-state index in [0.717, 1.165) is 0 Å². The molecule has 6 rings (SSSR count). The number of halogens is 2. The van der Waals surface area contributed by atoms with Gasteiger partial charge in [-0.15, -0.1) is 0 Å². The lowest BCUT2D eigenvalue weighted by atomic mass is 9.98. The molecule has 0 spiro atoms. The molecule has 0 bridgehead atoms. The number of imide groups is 1. The van der Waals surface area contributed by atoms with Crippen molar-refractivity contribution in [1.82, 2.24) is 25.9 Å². The highest BCUT2D eigenvalue weighted by atomic mass is 35.5. The highest BCUT2D eigenvalue weighted by molar-refractivity contribution is 6.49. The molecule has 1 aromatic heterocycles. The summed E-state index contributed by atoms with van der Waals surface area (Å²) >= 11 is 5.92. The smallest absolute Gasteiger partial charge is 0.315 e. The van der Waals surface area contributed by atoms with Gasteiger partial charge >= 0.3 is 6.03 Å². The van der Waals surface area contributed by atoms with Crippen molar-refractivity contribution < 1.29 is 37.8 Å². The number of Topliss-reactive ketones (excluding diaryl/α,β-unsaturated/α-hetero) is 1. The molecule has 248 valence electrons. The number of ketones is 1. The fourth-order valence-electron chi connectivity index (χ4n) is 4.96. The lowest BCUT2D eigenvalue weighted by molar-refractivity contribution is -0.116. The number of rotatable bonds is 11. The summed E-state index contributed by atoms with van der Waals surface area (Å²) < 4.78 is 31.8. The molecule has 0 unspecified atom stereocenters. The van der Waals surface area contributed by atoms with Crippen LogP contribution < -0.4 is 35.5 Å². The Labute approximate surface area is 282 Å². The van der Waals surface area contributed by atoms with Gasteiger partial charge in [-0.1, -0.05) is 35.9 Å². The van der Waals surface area contributed by atoms with E-state index in [-0.39, 0.29) is 47.3 Å². The third-order valence-electron chi connectivity index (χ3n) is 7.28. The first kappa shape index (κ1) is 32.7. The Morgan fingerprint density at radius 2 is 1.73 bits per heavy atom. The molecule has 49 heavy (non-hydrogen) atoms. The zero-order valence-electron chi connectivity index (χ0n) is 25.6. The van der Waals surface area contributed by atoms with Gasteiger partial charge < -0.3 is 30.2 Å². The highest BCUT2D eigenvalue weighted by Gasteiger charge is 2.33. The van der Waals surface area contributed by atoms with E-state index in [0.29, 0.717) is 39.5 Å². The van der Waals surface area contributed by atoms with E-state index in [2.05, 4.69) is 25.9 Å². The number of hydrogen-bond acceptors (Lipinski definition) is 10. The number of nitrogens with zero attached hydrogens (tertiary/aromatic N) is 2. The zero-order chi connectivity index (χ0) is 34.5. The third-order valence-corrected chi connectivity index (χ3v) is 7.57. The highest BCUT2D eigenvalue weighted by Crippen LogP contribution is 2.35. The van der Waals surface area contributed by atoms with Crippen molar-refractivity contribution in [3.05, 3.63) is 107 Å². The van der Waals surface area contributed by atoms with Gasteiger partial charge in [0.25, 0.3) is 17.6 Å². The maximum absolute atomic E-state index is 14.5. The molecule has 1 aliphatic rings. The van der Waals surface area contributed by atoms with Crippen molar-refractivity contribution in [1.29, 1.82) is 0 Å². The summed E-state index contributed by atoms with van der Waals surface area (Å²) in [6, 6.07) is 18.6. The Hall–Kier alpha value is -6.28. The Bertz CT molecular complexity index is 2130. The van der Waals surface area contributed by atoms with Crippen LogP contribution in [0.25, 0.3) is 10.9 Å². The van der Waals surface area contributed by atoms with Gasteiger partial charge in [-0.25, -0.2) is 19.2 Å². The number of anilines is 2. The summed E-state index contributed by atoms with van der Waals surface area (Å²) in [4.78, 5) is 57.4. The molecule has 2 heterocycles. The molecular weight excluding hydrogens is 659 g/mol. The maximum atomic E-state index is 14.5. The van der Waals surface area contributed by atoms with E-state index in [4.69, 9.17) is 25.8 Å². The number of carbonyl (C=O) groups excluding carboxylic acids is 4. The summed E-state index contributed by atoms with van der Waals surface area (Å²) in [6.07, 6.45) is 1.34. The van der Waals surface area contributed by atoms with Crippen molar-refractivity contribution >= 4 is 57.6 Å². The molecule has 0 radical (unpaired) electrons. The SMILES string of the molecule is COc1cc2ncnc(Nc3cccc(Cl)c3F)c2cc1OCCNC(=O)NCc1cccc(Oc2cccc3c2C(=O)NC(=O)C3=O)c1. The number of ether oxygens (including phenoxy) is 3. The van der Waals surface area contributed by atoms with Crippen LogP contribution in [0.5, 0.6) is 23.0 Å². The summed E-state index contributed by atoms with van der Waals surface area (Å²) in [5.74, 6) is -1.63. The summed E-state index contributed by atoms with van der Waals surface area (Å²) in [5, 5.41) is 10.9. The fraction of sp³-hybridized carbons (Fsp3) is 0.118. The zero-order valence-corrected chi connectivity index (χ0v) is 26.4. The first-order chi connectivity index (χ1) is 23.7. The number of hydrogen-bond donors (Lipinski definition) is 4. The molecule has 0 fully saturated rings. The maximum Gasteiger partial charge on any atom is 0.315 e. The summed E-state index contributed by atoms with van der Waals surface area (Å²) in [6.45, 7) is 0.371. The molecule has 1 aliphatic heterocycles. The average Bonchev–Trinajstić information content (AvgIpc) is 3.10. The Balaban J connectivity index is 1.04. The van der Waals surface area contributed by atoms with Crippen molar-refractivity contribution in [3.8, 4) is 23.0 Å². The lowest BCUT2D eigenvalue weighted by Crippen LogP contribution is -2.42. The number of benzene rings is 4. The Morgan fingerprint density at radius 3 is 2.57 bits per heavy atom. The lowest BCUT2D eigenvalue weighted by Gasteiger charge is -2.18. The second-order valence-electron chi connectivity index (χ2n) is 10.5. The van der Waals surface area contributed by atoms with Crippen LogP contribution in [0.1, 0.15) is 26.3 Å². The van der Waals surface area contributed by atoms with Gasteiger partial charge in [-0.3, -0.25) is 19.7 Å². The standard InChI is InChI=1S/C34H26ClFN6O7/c1-47-26-15-24-21(31(40-17-39-24)41-23-9-4-8-22(35)29(23)36)14-27(26)48-12-11-37-34(46)38-16-18-5-2-6-19(13-18)49-25-10-3-7-20-28(25)32(44)42-33(45)30(20)43/h2-10,13-15,17H,11-12,16H2,1H3,(H2,37,38,46)(H,39,40,41)(H,42,44,45).